The van der Waals surface area contributed by atoms with E-state index in [4.69, 9.17) is 13.9 Å². The Labute approximate surface area is 117 Å². The first-order valence-corrected chi connectivity index (χ1v) is 6.50. The quantitative estimate of drug-likeness (QED) is 0.705. The van der Waals surface area contributed by atoms with Gasteiger partial charge in [-0.05, 0) is 43.3 Å². The van der Waals surface area contributed by atoms with Crippen LogP contribution in [-0.2, 0) is 6.61 Å². The zero-order valence-corrected chi connectivity index (χ0v) is 11.6. The topological polar surface area (TPSA) is 31.6 Å². The van der Waals surface area contributed by atoms with Crippen LogP contribution in [-0.4, -0.2) is 7.11 Å². The van der Waals surface area contributed by atoms with E-state index in [1.54, 1.807) is 13.4 Å². The number of aryl methyl sites for hydroxylation is 1. The Kier molecular flexibility index (Phi) is 3.33. The van der Waals surface area contributed by atoms with Crippen LogP contribution in [0.5, 0.6) is 11.5 Å². The Morgan fingerprint density at radius 3 is 2.50 bits per heavy atom. The van der Waals surface area contributed by atoms with E-state index >= 15 is 0 Å². The van der Waals surface area contributed by atoms with E-state index < -0.39 is 0 Å². The molecule has 0 aliphatic heterocycles. The number of hydrogen-bond acceptors (Lipinski definition) is 3. The molecule has 3 nitrogen and oxygen atoms in total. The molecule has 102 valence electrons. The molecule has 0 radical (unpaired) electrons. The summed E-state index contributed by atoms with van der Waals surface area (Å²) in [6.45, 7) is 2.56. The van der Waals surface area contributed by atoms with Crippen LogP contribution in [0.2, 0.25) is 0 Å². The molecule has 0 spiro atoms. The lowest BCUT2D eigenvalue weighted by molar-refractivity contribution is 0.305. The van der Waals surface area contributed by atoms with Gasteiger partial charge >= 0.3 is 0 Å². The maximum atomic E-state index is 5.78. The highest BCUT2D eigenvalue weighted by Gasteiger charge is 2.06. The third-order valence-electron chi connectivity index (χ3n) is 3.26. The average Bonchev–Trinajstić information content (AvgIpc) is 2.88. The summed E-state index contributed by atoms with van der Waals surface area (Å²) in [6, 6.07) is 13.7. The summed E-state index contributed by atoms with van der Waals surface area (Å²) in [4.78, 5) is 0. The Morgan fingerprint density at radius 2 is 1.75 bits per heavy atom. The van der Waals surface area contributed by atoms with Gasteiger partial charge in [-0.15, -0.1) is 0 Å². The summed E-state index contributed by atoms with van der Waals surface area (Å²) < 4.78 is 16.4. The largest absolute Gasteiger partial charge is 0.497 e. The minimum Gasteiger partial charge on any atom is -0.497 e. The number of methoxy groups -OCH3 is 1. The van der Waals surface area contributed by atoms with E-state index in [1.807, 2.05) is 36.4 Å². The number of ether oxygens (including phenoxy) is 2. The van der Waals surface area contributed by atoms with Crippen LogP contribution in [0.15, 0.2) is 53.1 Å². The number of fused-ring (bicyclic) bond motifs is 1. The first-order chi connectivity index (χ1) is 9.76. The van der Waals surface area contributed by atoms with Crippen molar-refractivity contribution in [2.24, 2.45) is 0 Å². The standard InChI is InChI=1S/C17H16O3/c1-12-3-8-17-16(9-12)13(11-20-17)10-19-15-6-4-14(18-2)5-7-15/h3-9,11H,10H2,1-2H3. The highest BCUT2D eigenvalue weighted by Crippen LogP contribution is 2.24. The lowest BCUT2D eigenvalue weighted by Crippen LogP contribution is -1.94. The van der Waals surface area contributed by atoms with Gasteiger partial charge in [0.05, 0.1) is 13.4 Å². The number of hydrogen-bond donors (Lipinski definition) is 0. The minimum atomic E-state index is 0.489. The molecule has 0 atom stereocenters. The zero-order valence-electron chi connectivity index (χ0n) is 11.6. The van der Waals surface area contributed by atoms with Crippen LogP contribution in [0.1, 0.15) is 11.1 Å². The van der Waals surface area contributed by atoms with Crippen LogP contribution in [0.25, 0.3) is 11.0 Å². The molecule has 0 amide bonds. The molecular weight excluding hydrogens is 252 g/mol. The molecule has 3 aromatic rings. The van der Waals surface area contributed by atoms with Gasteiger partial charge in [-0.1, -0.05) is 11.6 Å². The van der Waals surface area contributed by atoms with E-state index in [9.17, 15) is 0 Å². The van der Waals surface area contributed by atoms with Gasteiger partial charge in [-0.3, -0.25) is 0 Å². The van der Waals surface area contributed by atoms with Crippen molar-refractivity contribution >= 4 is 11.0 Å². The van der Waals surface area contributed by atoms with Gasteiger partial charge in [0.15, 0.2) is 0 Å². The highest BCUT2D eigenvalue weighted by atomic mass is 16.5. The summed E-state index contributed by atoms with van der Waals surface area (Å²) in [6.07, 6.45) is 1.76. The summed E-state index contributed by atoms with van der Waals surface area (Å²) in [7, 11) is 1.65. The minimum absolute atomic E-state index is 0.489. The predicted octanol–water partition coefficient (Wildman–Crippen LogP) is 4.33. The van der Waals surface area contributed by atoms with Crippen LogP contribution in [0.3, 0.4) is 0 Å². The lowest BCUT2D eigenvalue weighted by atomic mass is 10.1. The zero-order chi connectivity index (χ0) is 13.9. The Morgan fingerprint density at radius 1 is 1.00 bits per heavy atom. The fourth-order valence-electron chi connectivity index (χ4n) is 2.14. The average molecular weight is 268 g/mol. The summed E-state index contributed by atoms with van der Waals surface area (Å²) in [5.74, 6) is 1.63. The number of furan rings is 1. The maximum absolute atomic E-state index is 5.78. The predicted molar refractivity (Wildman–Crippen MR) is 78.3 cm³/mol. The molecule has 0 N–H and O–H groups in total. The highest BCUT2D eigenvalue weighted by molar-refractivity contribution is 5.81. The van der Waals surface area contributed by atoms with Crippen molar-refractivity contribution in [2.75, 3.05) is 7.11 Å². The Balaban J connectivity index is 1.77. The van der Waals surface area contributed by atoms with Crippen molar-refractivity contribution in [1.29, 1.82) is 0 Å². The third kappa shape index (κ3) is 2.48. The van der Waals surface area contributed by atoms with E-state index in [2.05, 4.69) is 13.0 Å². The van der Waals surface area contributed by atoms with Gasteiger partial charge in [0.25, 0.3) is 0 Å². The van der Waals surface area contributed by atoms with E-state index in [-0.39, 0.29) is 0 Å². The molecule has 1 aromatic heterocycles. The van der Waals surface area contributed by atoms with E-state index in [1.165, 1.54) is 5.56 Å². The molecule has 2 aromatic carbocycles. The van der Waals surface area contributed by atoms with Gasteiger partial charge in [-0.25, -0.2) is 0 Å². The first kappa shape index (κ1) is 12.6. The van der Waals surface area contributed by atoms with Gasteiger partial charge in [-0.2, -0.15) is 0 Å². The monoisotopic (exact) mass is 268 g/mol. The van der Waals surface area contributed by atoms with Gasteiger partial charge in [0.1, 0.15) is 23.7 Å². The molecule has 0 aliphatic rings. The van der Waals surface area contributed by atoms with Crippen molar-refractivity contribution in [3.63, 3.8) is 0 Å². The maximum Gasteiger partial charge on any atom is 0.134 e. The van der Waals surface area contributed by atoms with E-state index in [0.717, 1.165) is 28.0 Å². The summed E-state index contributed by atoms with van der Waals surface area (Å²) in [5, 5.41) is 1.11. The number of rotatable bonds is 4. The van der Waals surface area contributed by atoms with Gasteiger partial charge in [0, 0.05) is 10.9 Å². The van der Waals surface area contributed by atoms with Crippen LogP contribution in [0, 0.1) is 6.92 Å². The Hall–Kier alpha value is -2.42. The molecular formula is C17H16O3. The van der Waals surface area contributed by atoms with Crippen molar-refractivity contribution in [3.8, 4) is 11.5 Å². The van der Waals surface area contributed by atoms with Gasteiger partial charge in [0.2, 0.25) is 0 Å². The first-order valence-electron chi connectivity index (χ1n) is 6.50. The Bertz CT molecular complexity index is 711. The van der Waals surface area contributed by atoms with Crippen molar-refractivity contribution < 1.29 is 13.9 Å². The van der Waals surface area contributed by atoms with Crippen molar-refractivity contribution in [2.45, 2.75) is 13.5 Å². The fourth-order valence-corrected chi connectivity index (χ4v) is 2.14. The van der Waals surface area contributed by atoms with E-state index in [0.29, 0.717) is 6.61 Å². The van der Waals surface area contributed by atoms with Crippen LogP contribution >= 0.6 is 0 Å². The SMILES string of the molecule is COc1ccc(OCc2coc3ccc(C)cc23)cc1. The molecule has 3 heteroatoms. The second-order valence-corrected chi connectivity index (χ2v) is 4.72. The van der Waals surface area contributed by atoms with Gasteiger partial charge < -0.3 is 13.9 Å². The molecule has 20 heavy (non-hydrogen) atoms. The second-order valence-electron chi connectivity index (χ2n) is 4.72. The normalized spacial score (nSPS) is 10.7. The van der Waals surface area contributed by atoms with Crippen molar-refractivity contribution in [3.05, 3.63) is 59.9 Å². The molecule has 0 fully saturated rings. The van der Waals surface area contributed by atoms with Crippen LogP contribution < -0.4 is 9.47 Å². The molecule has 0 saturated heterocycles. The second kappa shape index (κ2) is 5.29. The van der Waals surface area contributed by atoms with Crippen LogP contribution in [0.4, 0.5) is 0 Å². The van der Waals surface area contributed by atoms with Crippen molar-refractivity contribution in [1.82, 2.24) is 0 Å². The molecule has 0 bridgehead atoms. The molecule has 1 heterocycles. The smallest absolute Gasteiger partial charge is 0.134 e. The fraction of sp³-hybridized carbons (Fsp3) is 0.176. The molecule has 0 unspecified atom stereocenters. The summed E-state index contributed by atoms with van der Waals surface area (Å²) in [5.41, 5.74) is 3.16. The lowest BCUT2D eigenvalue weighted by Gasteiger charge is -2.06. The molecule has 3 rings (SSSR count). The molecule has 0 saturated carbocycles. The summed E-state index contributed by atoms with van der Waals surface area (Å²) >= 11 is 0. The molecule has 0 aliphatic carbocycles. The third-order valence-corrected chi connectivity index (χ3v) is 3.26. The number of benzene rings is 2.